The van der Waals surface area contributed by atoms with Crippen molar-refractivity contribution >= 4 is 17.6 Å². The summed E-state index contributed by atoms with van der Waals surface area (Å²) in [5.41, 5.74) is 0.238. The fraction of sp³-hybridized carbons (Fsp3) is 0.235. The van der Waals surface area contributed by atoms with Gasteiger partial charge in [-0.15, -0.1) is 11.6 Å². The molecule has 0 saturated carbocycles. The Hall–Kier alpha value is -2.01. The molecule has 0 radical (unpaired) electrons. The molecule has 0 aromatic heterocycles. The zero-order chi connectivity index (χ0) is 17.0. The fourth-order valence-corrected chi connectivity index (χ4v) is 2.37. The second kappa shape index (κ2) is 7.04. The number of hydrogen-bond donors (Lipinski definition) is 0. The Morgan fingerprint density at radius 1 is 1.13 bits per heavy atom. The van der Waals surface area contributed by atoms with E-state index in [0.29, 0.717) is 11.1 Å². The SMILES string of the molecule is CCOC(=O)C(Cl)c1ccc(-c2ccccc2C(F)(F)F)cc1. The number of carbonyl (C=O) groups is 1. The first-order valence-corrected chi connectivity index (χ1v) is 7.35. The van der Waals surface area contributed by atoms with Crippen molar-refractivity contribution in [3.05, 3.63) is 59.7 Å². The van der Waals surface area contributed by atoms with Crippen molar-refractivity contribution < 1.29 is 22.7 Å². The van der Waals surface area contributed by atoms with Gasteiger partial charge >= 0.3 is 12.1 Å². The van der Waals surface area contributed by atoms with E-state index in [0.717, 1.165) is 6.07 Å². The molecule has 0 aliphatic rings. The van der Waals surface area contributed by atoms with E-state index < -0.39 is 23.1 Å². The van der Waals surface area contributed by atoms with Crippen molar-refractivity contribution in [3.8, 4) is 11.1 Å². The third kappa shape index (κ3) is 4.05. The number of ether oxygens (including phenoxy) is 1. The molecule has 1 unspecified atom stereocenters. The number of carbonyl (C=O) groups excluding carboxylic acids is 1. The van der Waals surface area contributed by atoms with Gasteiger partial charge in [0.1, 0.15) is 0 Å². The summed E-state index contributed by atoms with van der Waals surface area (Å²) in [6.45, 7) is 1.87. The highest BCUT2D eigenvalue weighted by Gasteiger charge is 2.33. The van der Waals surface area contributed by atoms with Crippen LogP contribution in [0.5, 0.6) is 0 Å². The van der Waals surface area contributed by atoms with E-state index in [9.17, 15) is 18.0 Å². The molecule has 0 heterocycles. The van der Waals surface area contributed by atoms with Gasteiger partial charge < -0.3 is 4.74 Å². The van der Waals surface area contributed by atoms with E-state index in [1.165, 1.54) is 36.4 Å². The second-order valence-electron chi connectivity index (χ2n) is 4.78. The molecule has 0 fully saturated rings. The molecular weight excluding hydrogens is 329 g/mol. The maximum Gasteiger partial charge on any atom is 0.417 e. The smallest absolute Gasteiger partial charge is 0.417 e. The molecular formula is C17H14ClF3O2. The summed E-state index contributed by atoms with van der Waals surface area (Å²) < 4.78 is 44.0. The number of rotatable bonds is 4. The Morgan fingerprint density at radius 2 is 1.74 bits per heavy atom. The molecule has 0 aliphatic heterocycles. The Kier molecular flexibility index (Phi) is 5.31. The zero-order valence-corrected chi connectivity index (χ0v) is 13.0. The van der Waals surface area contributed by atoms with Gasteiger partial charge in [0.05, 0.1) is 12.2 Å². The summed E-state index contributed by atoms with van der Waals surface area (Å²) in [5, 5.41) is -0.984. The highest BCUT2D eigenvalue weighted by atomic mass is 35.5. The number of benzene rings is 2. The number of esters is 1. The molecule has 23 heavy (non-hydrogen) atoms. The molecule has 0 N–H and O–H groups in total. The molecule has 2 rings (SSSR count). The minimum atomic E-state index is -4.44. The van der Waals surface area contributed by atoms with Crippen LogP contribution < -0.4 is 0 Å². The van der Waals surface area contributed by atoms with Crippen LogP contribution in [0, 0.1) is 0 Å². The zero-order valence-electron chi connectivity index (χ0n) is 12.2. The van der Waals surface area contributed by atoms with Crippen LogP contribution in [0.4, 0.5) is 13.2 Å². The monoisotopic (exact) mass is 342 g/mol. The van der Waals surface area contributed by atoms with Gasteiger partial charge in [0.2, 0.25) is 0 Å². The first-order chi connectivity index (χ1) is 10.8. The van der Waals surface area contributed by atoms with Crippen molar-refractivity contribution in [3.63, 3.8) is 0 Å². The number of alkyl halides is 4. The highest BCUT2D eigenvalue weighted by Crippen LogP contribution is 2.37. The Balaban J connectivity index is 2.33. The van der Waals surface area contributed by atoms with Crippen molar-refractivity contribution in [1.29, 1.82) is 0 Å². The standard InChI is InChI=1S/C17H14ClF3O2/c1-2-23-16(22)15(18)12-9-7-11(8-10-12)13-5-3-4-6-14(13)17(19,20)21/h3-10,15H,2H2,1H3. The average Bonchev–Trinajstić information content (AvgIpc) is 2.54. The molecule has 0 amide bonds. The van der Waals surface area contributed by atoms with Gasteiger partial charge in [0.25, 0.3) is 0 Å². The van der Waals surface area contributed by atoms with Crippen LogP contribution in [0.1, 0.15) is 23.4 Å². The van der Waals surface area contributed by atoms with Crippen molar-refractivity contribution in [2.75, 3.05) is 6.61 Å². The minimum absolute atomic E-state index is 0.0776. The van der Waals surface area contributed by atoms with Gasteiger partial charge in [-0.1, -0.05) is 42.5 Å². The Bertz CT molecular complexity index is 681. The van der Waals surface area contributed by atoms with Gasteiger partial charge in [0.15, 0.2) is 5.38 Å². The molecule has 0 spiro atoms. The molecule has 2 aromatic carbocycles. The highest BCUT2D eigenvalue weighted by molar-refractivity contribution is 6.29. The van der Waals surface area contributed by atoms with Crippen molar-refractivity contribution in [1.82, 2.24) is 0 Å². The summed E-state index contributed by atoms with van der Waals surface area (Å²) >= 11 is 5.98. The minimum Gasteiger partial charge on any atom is -0.465 e. The second-order valence-corrected chi connectivity index (χ2v) is 5.22. The quantitative estimate of drug-likeness (QED) is 0.563. The van der Waals surface area contributed by atoms with Crippen LogP contribution in [0.2, 0.25) is 0 Å². The maximum absolute atomic E-state index is 13.0. The van der Waals surface area contributed by atoms with Crippen LogP contribution in [0.15, 0.2) is 48.5 Å². The lowest BCUT2D eigenvalue weighted by Gasteiger charge is -2.14. The largest absolute Gasteiger partial charge is 0.465 e. The fourth-order valence-electron chi connectivity index (χ4n) is 2.17. The van der Waals surface area contributed by atoms with Crippen LogP contribution >= 0.6 is 11.6 Å². The van der Waals surface area contributed by atoms with Crippen LogP contribution in [0.3, 0.4) is 0 Å². The third-order valence-electron chi connectivity index (χ3n) is 3.24. The molecule has 0 saturated heterocycles. The van der Waals surface area contributed by atoms with E-state index in [2.05, 4.69) is 0 Å². The Labute approximate surface area is 136 Å². The van der Waals surface area contributed by atoms with Crippen LogP contribution in [-0.4, -0.2) is 12.6 Å². The molecule has 2 nitrogen and oxygen atoms in total. The van der Waals surface area contributed by atoms with Crippen molar-refractivity contribution in [2.24, 2.45) is 0 Å². The molecule has 0 bridgehead atoms. The lowest BCUT2D eigenvalue weighted by atomic mass is 9.98. The summed E-state index contributed by atoms with van der Waals surface area (Å²) in [4.78, 5) is 11.6. The van der Waals surface area contributed by atoms with Crippen LogP contribution in [-0.2, 0) is 15.7 Å². The van der Waals surface area contributed by atoms with Gasteiger partial charge in [-0.3, -0.25) is 4.79 Å². The van der Waals surface area contributed by atoms with Gasteiger partial charge in [-0.25, -0.2) is 0 Å². The van der Waals surface area contributed by atoms with Gasteiger partial charge in [0, 0.05) is 0 Å². The van der Waals surface area contributed by atoms with Crippen molar-refractivity contribution in [2.45, 2.75) is 18.5 Å². The van der Waals surface area contributed by atoms with E-state index in [1.54, 1.807) is 13.0 Å². The summed E-state index contributed by atoms with van der Waals surface area (Å²) in [5.74, 6) is -0.586. The van der Waals surface area contributed by atoms with Gasteiger partial charge in [-0.2, -0.15) is 13.2 Å². The van der Waals surface area contributed by atoms with Gasteiger partial charge in [-0.05, 0) is 29.7 Å². The van der Waals surface area contributed by atoms with Crippen LogP contribution in [0.25, 0.3) is 11.1 Å². The predicted molar refractivity (Wildman–Crippen MR) is 82.1 cm³/mol. The predicted octanol–water partition coefficient (Wildman–Crippen LogP) is 5.22. The Morgan fingerprint density at radius 3 is 2.30 bits per heavy atom. The maximum atomic E-state index is 13.0. The molecule has 0 aliphatic carbocycles. The van der Waals surface area contributed by atoms with E-state index >= 15 is 0 Å². The lowest BCUT2D eigenvalue weighted by molar-refractivity contribution is -0.142. The molecule has 6 heteroatoms. The summed E-state index contributed by atoms with van der Waals surface area (Å²) in [7, 11) is 0. The lowest BCUT2D eigenvalue weighted by Crippen LogP contribution is -2.11. The van der Waals surface area contributed by atoms with E-state index in [-0.39, 0.29) is 12.2 Å². The number of hydrogen-bond acceptors (Lipinski definition) is 2. The molecule has 122 valence electrons. The van der Waals surface area contributed by atoms with E-state index in [4.69, 9.17) is 16.3 Å². The average molecular weight is 343 g/mol. The topological polar surface area (TPSA) is 26.3 Å². The summed E-state index contributed by atoms with van der Waals surface area (Å²) in [6, 6.07) is 11.4. The third-order valence-corrected chi connectivity index (χ3v) is 3.67. The van der Waals surface area contributed by atoms with E-state index in [1.807, 2.05) is 0 Å². The molecule has 2 aromatic rings. The molecule has 1 atom stereocenters. The first kappa shape index (κ1) is 17.3. The summed E-state index contributed by atoms with van der Waals surface area (Å²) in [6.07, 6.45) is -4.44. The number of halogens is 4. The first-order valence-electron chi connectivity index (χ1n) is 6.92. The normalized spacial score (nSPS) is 12.7.